The number of anilines is 1. The third-order valence-corrected chi connectivity index (χ3v) is 5.72. The van der Waals surface area contributed by atoms with E-state index in [0.717, 1.165) is 29.0 Å². The fourth-order valence-corrected chi connectivity index (χ4v) is 3.73. The highest BCUT2D eigenvalue weighted by atomic mass is 32.2. The Labute approximate surface area is 168 Å². The summed E-state index contributed by atoms with van der Waals surface area (Å²) in [5.41, 5.74) is 1.82. The summed E-state index contributed by atoms with van der Waals surface area (Å²) in [6.07, 6.45) is -4.59. The van der Waals surface area contributed by atoms with Crippen LogP contribution < -0.4 is 5.32 Å². The van der Waals surface area contributed by atoms with Crippen LogP contribution >= 0.6 is 23.1 Å². The van der Waals surface area contributed by atoms with Crippen LogP contribution in [0.3, 0.4) is 0 Å². The molecule has 1 amide bonds. The smallest absolute Gasteiger partial charge is 0.325 e. The number of thiophene rings is 1. The van der Waals surface area contributed by atoms with Gasteiger partial charge in [-0.1, -0.05) is 30.0 Å². The summed E-state index contributed by atoms with van der Waals surface area (Å²) in [7, 11) is 0. The number of amides is 1. The molecule has 2 aromatic heterocycles. The fraction of sp³-hybridized carbons (Fsp3) is 0.211. The van der Waals surface area contributed by atoms with Crippen molar-refractivity contribution in [1.82, 2.24) is 9.97 Å². The second-order valence-electron chi connectivity index (χ2n) is 5.98. The Balaban J connectivity index is 1.77. The van der Waals surface area contributed by atoms with Gasteiger partial charge in [0.2, 0.25) is 5.91 Å². The summed E-state index contributed by atoms with van der Waals surface area (Å²) < 4.78 is 39.5. The van der Waals surface area contributed by atoms with Crippen molar-refractivity contribution >= 4 is 34.7 Å². The molecule has 0 aliphatic rings. The van der Waals surface area contributed by atoms with Crippen molar-refractivity contribution in [1.29, 1.82) is 0 Å². The molecule has 0 aliphatic heterocycles. The third-order valence-electron chi connectivity index (χ3n) is 3.98. The Morgan fingerprint density at radius 2 is 1.96 bits per heavy atom. The Bertz CT molecular complexity index is 989. The molecule has 3 aromatic rings. The lowest BCUT2D eigenvalue weighted by Crippen LogP contribution is -2.16. The van der Waals surface area contributed by atoms with E-state index >= 15 is 0 Å². The number of hydrogen-bond donors (Lipinski definition) is 1. The molecule has 9 heteroatoms. The second kappa shape index (κ2) is 8.32. The molecule has 1 aromatic carbocycles. The van der Waals surface area contributed by atoms with Crippen LogP contribution in [0.25, 0.3) is 10.6 Å². The number of carbonyl (C=O) groups excluding carboxylic acids is 1. The van der Waals surface area contributed by atoms with Crippen molar-refractivity contribution < 1.29 is 18.0 Å². The molecule has 0 saturated carbocycles. The maximum atomic E-state index is 13.2. The van der Waals surface area contributed by atoms with Crippen molar-refractivity contribution in [3.63, 3.8) is 0 Å². The zero-order valence-corrected chi connectivity index (χ0v) is 16.6. The zero-order valence-electron chi connectivity index (χ0n) is 15.0. The van der Waals surface area contributed by atoms with Crippen molar-refractivity contribution in [2.45, 2.75) is 25.2 Å². The first-order valence-corrected chi connectivity index (χ1v) is 10.1. The standard InChI is InChI=1S/C19H16F3N3OS2/c1-11-5-3-6-13(12(11)2)23-17(26)10-28-18-24-14(15-7-4-8-27-15)9-16(25-18)19(20,21)22/h3-9H,10H2,1-2H3,(H,23,26). The summed E-state index contributed by atoms with van der Waals surface area (Å²) in [5.74, 6) is -0.434. The van der Waals surface area contributed by atoms with Gasteiger partial charge < -0.3 is 5.32 Å². The normalized spacial score (nSPS) is 11.5. The van der Waals surface area contributed by atoms with Crippen LogP contribution in [0.15, 0.2) is 46.9 Å². The predicted octanol–water partition coefficient (Wildman–Crippen LogP) is 5.57. The number of rotatable bonds is 5. The number of benzene rings is 1. The first-order valence-electron chi connectivity index (χ1n) is 8.23. The van der Waals surface area contributed by atoms with Gasteiger partial charge in [-0.3, -0.25) is 4.79 Å². The summed E-state index contributed by atoms with van der Waals surface area (Å²) in [6.45, 7) is 3.82. The quantitative estimate of drug-likeness (QED) is 0.430. The SMILES string of the molecule is Cc1cccc(NC(=O)CSc2nc(-c3cccs3)cc(C(F)(F)F)n2)c1C. The number of hydrogen-bond acceptors (Lipinski definition) is 5. The molecule has 146 valence electrons. The molecule has 0 spiro atoms. The van der Waals surface area contributed by atoms with Crippen molar-refractivity contribution in [3.8, 4) is 10.6 Å². The Hall–Kier alpha value is -2.39. The average Bonchev–Trinajstić information content (AvgIpc) is 3.18. The Morgan fingerprint density at radius 3 is 2.64 bits per heavy atom. The number of alkyl halides is 3. The maximum absolute atomic E-state index is 13.2. The predicted molar refractivity (Wildman–Crippen MR) is 106 cm³/mol. The van der Waals surface area contributed by atoms with Gasteiger partial charge in [0.15, 0.2) is 5.16 Å². The summed E-state index contributed by atoms with van der Waals surface area (Å²) in [6, 6.07) is 9.89. The van der Waals surface area contributed by atoms with Crippen LogP contribution in [0.5, 0.6) is 0 Å². The van der Waals surface area contributed by atoms with Crippen LogP contribution in [0.4, 0.5) is 18.9 Å². The highest BCUT2D eigenvalue weighted by molar-refractivity contribution is 7.99. The lowest BCUT2D eigenvalue weighted by Gasteiger charge is -2.11. The van der Waals surface area contributed by atoms with Crippen LogP contribution in [0, 0.1) is 13.8 Å². The number of halogens is 3. The van der Waals surface area contributed by atoms with E-state index < -0.39 is 11.9 Å². The number of carbonyl (C=O) groups is 1. The van der Waals surface area contributed by atoms with Crippen LogP contribution in [0.1, 0.15) is 16.8 Å². The summed E-state index contributed by atoms with van der Waals surface area (Å²) in [5, 5.41) is 4.44. The summed E-state index contributed by atoms with van der Waals surface area (Å²) in [4.78, 5) is 20.6. The number of thioether (sulfide) groups is 1. The van der Waals surface area contributed by atoms with Crippen molar-refractivity contribution in [2.24, 2.45) is 0 Å². The lowest BCUT2D eigenvalue weighted by molar-refractivity contribution is -0.141. The molecular formula is C19H16F3N3OS2. The van der Waals surface area contributed by atoms with Crippen LogP contribution in [0.2, 0.25) is 0 Å². The largest absolute Gasteiger partial charge is 0.433 e. The van der Waals surface area contributed by atoms with E-state index in [1.54, 1.807) is 23.6 Å². The van der Waals surface area contributed by atoms with Gasteiger partial charge in [-0.2, -0.15) is 13.2 Å². The van der Waals surface area contributed by atoms with Crippen LogP contribution in [-0.4, -0.2) is 21.6 Å². The molecule has 0 fully saturated rings. The van der Waals surface area contributed by atoms with Gasteiger partial charge in [-0.05, 0) is 48.6 Å². The molecule has 0 atom stereocenters. The van der Waals surface area contributed by atoms with Gasteiger partial charge in [-0.25, -0.2) is 9.97 Å². The first kappa shape index (κ1) is 20.3. The second-order valence-corrected chi connectivity index (χ2v) is 7.87. The van der Waals surface area contributed by atoms with E-state index in [-0.39, 0.29) is 22.5 Å². The number of aryl methyl sites for hydroxylation is 1. The molecule has 0 radical (unpaired) electrons. The van der Waals surface area contributed by atoms with E-state index in [0.29, 0.717) is 10.6 Å². The van der Waals surface area contributed by atoms with Crippen molar-refractivity contribution in [2.75, 3.05) is 11.1 Å². The van der Waals surface area contributed by atoms with Crippen molar-refractivity contribution in [3.05, 3.63) is 58.6 Å². The van der Waals surface area contributed by atoms with Gasteiger partial charge >= 0.3 is 6.18 Å². The van der Waals surface area contributed by atoms with Gasteiger partial charge in [0.05, 0.1) is 16.3 Å². The van der Waals surface area contributed by atoms with Gasteiger partial charge in [-0.15, -0.1) is 11.3 Å². The molecule has 0 aliphatic carbocycles. The lowest BCUT2D eigenvalue weighted by atomic mass is 10.1. The molecule has 28 heavy (non-hydrogen) atoms. The minimum absolute atomic E-state index is 0.0886. The van der Waals surface area contributed by atoms with Gasteiger partial charge in [0, 0.05) is 5.69 Å². The Kier molecular flexibility index (Phi) is 6.04. The van der Waals surface area contributed by atoms with E-state index in [1.165, 1.54) is 11.3 Å². The molecule has 0 bridgehead atoms. The molecule has 0 saturated heterocycles. The van der Waals surface area contributed by atoms with E-state index in [4.69, 9.17) is 0 Å². The number of aromatic nitrogens is 2. The number of nitrogens with one attached hydrogen (secondary N) is 1. The van der Waals surface area contributed by atoms with Gasteiger partial charge in [0.25, 0.3) is 0 Å². The Morgan fingerprint density at radius 1 is 1.18 bits per heavy atom. The van der Waals surface area contributed by atoms with Gasteiger partial charge in [0.1, 0.15) is 5.69 Å². The highest BCUT2D eigenvalue weighted by Gasteiger charge is 2.34. The molecule has 2 heterocycles. The van der Waals surface area contributed by atoms with Crippen LogP contribution in [-0.2, 0) is 11.0 Å². The fourth-order valence-electron chi connectivity index (χ4n) is 2.39. The van der Waals surface area contributed by atoms with E-state index in [1.807, 2.05) is 26.0 Å². The summed E-state index contributed by atoms with van der Waals surface area (Å²) >= 11 is 2.16. The molecule has 1 N–H and O–H groups in total. The van der Waals surface area contributed by atoms with E-state index in [2.05, 4.69) is 15.3 Å². The third kappa shape index (κ3) is 4.90. The minimum Gasteiger partial charge on any atom is -0.325 e. The zero-order chi connectivity index (χ0) is 20.3. The minimum atomic E-state index is -4.59. The molecule has 4 nitrogen and oxygen atoms in total. The average molecular weight is 423 g/mol. The molecular weight excluding hydrogens is 407 g/mol. The number of nitrogens with zero attached hydrogens (tertiary/aromatic N) is 2. The monoisotopic (exact) mass is 423 g/mol. The van der Waals surface area contributed by atoms with E-state index in [9.17, 15) is 18.0 Å². The highest BCUT2D eigenvalue weighted by Crippen LogP contribution is 2.33. The first-order chi connectivity index (χ1) is 13.2. The molecule has 3 rings (SSSR count). The topological polar surface area (TPSA) is 54.9 Å². The maximum Gasteiger partial charge on any atom is 0.433 e. The molecule has 0 unspecified atom stereocenters.